The van der Waals surface area contributed by atoms with Crippen molar-refractivity contribution in [1.82, 2.24) is 10.3 Å². The Morgan fingerprint density at radius 1 is 1.06 bits per heavy atom. The molecule has 0 aliphatic rings. The highest BCUT2D eigenvalue weighted by atomic mass is 35.5. The van der Waals surface area contributed by atoms with Gasteiger partial charge in [0.1, 0.15) is 12.8 Å². The number of amides is 1. The SMILES string of the molecule is CC.CCCc1ccc(-c2ccc(C(O)C(CF)NC(=O)C(Cl)Cl)cc2)cn1.OCCO. The average molecular weight is 491 g/mol. The fraction of sp³-hybridized carbons (Fsp3) is 0.478. The topological polar surface area (TPSA) is 103 Å². The number of carbonyl (C=O) groups is 1. The highest BCUT2D eigenvalue weighted by Gasteiger charge is 2.25. The number of nitrogens with one attached hydrogen (secondary N) is 1. The van der Waals surface area contributed by atoms with Crippen LogP contribution in [0, 0.1) is 0 Å². The second-order valence-electron chi connectivity index (χ2n) is 6.37. The molecule has 0 bridgehead atoms. The minimum Gasteiger partial charge on any atom is -0.394 e. The third-order valence-electron chi connectivity index (χ3n) is 4.09. The summed E-state index contributed by atoms with van der Waals surface area (Å²) in [7, 11) is 0. The van der Waals surface area contributed by atoms with Crippen LogP contribution in [0.5, 0.6) is 0 Å². The van der Waals surface area contributed by atoms with Crippen molar-refractivity contribution in [1.29, 1.82) is 0 Å². The molecule has 2 rings (SSSR count). The molecule has 2 atom stereocenters. The van der Waals surface area contributed by atoms with E-state index in [9.17, 15) is 14.3 Å². The minimum atomic E-state index is -1.32. The molecule has 0 saturated heterocycles. The molecule has 1 aromatic heterocycles. The van der Waals surface area contributed by atoms with Crippen molar-refractivity contribution in [2.45, 2.75) is 50.6 Å². The lowest BCUT2D eigenvalue weighted by Gasteiger charge is -2.22. The van der Waals surface area contributed by atoms with Gasteiger partial charge in [0.25, 0.3) is 5.91 Å². The van der Waals surface area contributed by atoms with Crippen LogP contribution < -0.4 is 5.32 Å². The fourth-order valence-electron chi connectivity index (χ4n) is 2.55. The molecular weight excluding hydrogens is 458 g/mol. The molecular formula is C23H33Cl2FN2O4. The van der Waals surface area contributed by atoms with Crippen LogP contribution in [0.15, 0.2) is 42.6 Å². The highest BCUT2D eigenvalue weighted by molar-refractivity contribution is 6.53. The number of alkyl halides is 3. The Morgan fingerprint density at radius 3 is 2.03 bits per heavy atom. The molecule has 0 radical (unpaired) electrons. The van der Waals surface area contributed by atoms with Gasteiger partial charge in [-0.15, -0.1) is 0 Å². The summed E-state index contributed by atoms with van der Waals surface area (Å²) in [6, 6.07) is 9.88. The number of hydrogen-bond acceptors (Lipinski definition) is 5. The molecule has 6 nitrogen and oxygen atoms in total. The Labute approximate surface area is 199 Å². The van der Waals surface area contributed by atoms with Gasteiger partial charge in [0.05, 0.1) is 19.3 Å². The predicted molar refractivity (Wildman–Crippen MR) is 128 cm³/mol. The minimum absolute atomic E-state index is 0.125. The van der Waals surface area contributed by atoms with Gasteiger partial charge in [-0.3, -0.25) is 9.78 Å². The lowest BCUT2D eigenvalue weighted by molar-refractivity contribution is -0.121. The lowest BCUT2D eigenvalue weighted by Crippen LogP contribution is -2.43. The van der Waals surface area contributed by atoms with Crippen molar-refractivity contribution < 1.29 is 24.5 Å². The van der Waals surface area contributed by atoms with Crippen LogP contribution in [0.3, 0.4) is 0 Å². The average Bonchev–Trinajstić information content (AvgIpc) is 2.84. The first-order valence-electron chi connectivity index (χ1n) is 10.5. The summed E-state index contributed by atoms with van der Waals surface area (Å²) in [5.41, 5.74) is 3.40. The quantitative estimate of drug-likeness (QED) is 0.398. The molecule has 0 saturated carbocycles. The molecule has 4 N–H and O–H groups in total. The van der Waals surface area contributed by atoms with Gasteiger partial charge in [-0.1, -0.05) is 80.7 Å². The number of aliphatic hydroxyl groups is 3. The summed E-state index contributed by atoms with van der Waals surface area (Å²) in [5.74, 6) is -0.745. The van der Waals surface area contributed by atoms with Crippen LogP contribution in [0.2, 0.25) is 0 Å². The maximum absolute atomic E-state index is 13.2. The van der Waals surface area contributed by atoms with E-state index in [0.29, 0.717) is 5.56 Å². The number of rotatable bonds is 9. The molecule has 2 aromatic rings. The summed E-state index contributed by atoms with van der Waals surface area (Å²) < 4.78 is 13.2. The van der Waals surface area contributed by atoms with E-state index in [0.717, 1.165) is 29.7 Å². The van der Waals surface area contributed by atoms with Crippen LogP contribution in [0.4, 0.5) is 4.39 Å². The zero-order chi connectivity index (χ0) is 24.5. The fourth-order valence-corrected chi connectivity index (χ4v) is 2.68. The van der Waals surface area contributed by atoms with Gasteiger partial charge in [0.2, 0.25) is 0 Å². The van der Waals surface area contributed by atoms with Crippen molar-refractivity contribution in [2.24, 2.45) is 0 Å². The van der Waals surface area contributed by atoms with Gasteiger partial charge in [-0.05, 0) is 23.6 Å². The van der Waals surface area contributed by atoms with Crippen LogP contribution in [0.25, 0.3) is 11.1 Å². The molecule has 0 aliphatic heterocycles. The van der Waals surface area contributed by atoms with Crippen LogP contribution in [-0.4, -0.2) is 57.0 Å². The zero-order valence-electron chi connectivity index (χ0n) is 18.6. The maximum atomic E-state index is 13.2. The van der Waals surface area contributed by atoms with Crippen LogP contribution in [0.1, 0.15) is 44.6 Å². The first-order chi connectivity index (χ1) is 15.4. The number of halogens is 3. The molecule has 0 spiro atoms. The largest absolute Gasteiger partial charge is 0.394 e. The Kier molecular flexibility index (Phi) is 16.8. The summed E-state index contributed by atoms with van der Waals surface area (Å²) in [4.78, 5) is 14.6. The number of nitrogens with zero attached hydrogens (tertiary/aromatic N) is 1. The molecule has 32 heavy (non-hydrogen) atoms. The molecule has 1 aromatic carbocycles. The van der Waals surface area contributed by atoms with Crippen molar-refractivity contribution in [3.8, 4) is 11.1 Å². The van der Waals surface area contributed by atoms with E-state index in [1.807, 2.05) is 44.3 Å². The summed E-state index contributed by atoms with van der Waals surface area (Å²) in [6.45, 7) is 4.91. The standard InChI is InChI=1S/C19H21Cl2FN2O2.C2H6O2.C2H6/c1-2-3-15-9-8-14(11-23-15)12-4-6-13(7-5-12)17(25)16(10-22)24-19(26)18(20)21;3-1-2-4;1-2/h4-9,11,16-18,25H,2-3,10H2,1H3,(H,24,26);3-4H,1-2H2;1-2H3. The number of benzene rings is 1. The number of aryl methyl sites for hydroxylation is 1. The smallest absolute Gasteiger partial charge is 0.253 e. The lowest BCUT2D eigenvalue weighted by atomic mass is 9.99. The number of carbonyl (C=O) groups excluding carboxylic acids is 1. The summed E-state index contributed by atoms with van der Waals surface area (Å²) >= 11 is 10.9. The van der Waals surface area contributed by atoms with Gasteiger partial charge in [-0.25, -0.2) is 4.39 Å². The Morgan fingerprint density at radius 2 is 1.62 bits per heavy atom. The number of hydrogen-bond donors (Lipinski definition) is 4. The van der Waals surface area contributed by atoms with Crippen molar-refractivity contribution in [3.63, 3.8) is 0 Å². The number of aliphatic hydroxyl groups excluding tert-OH is 3. The van der Waals surface area contributed by atoms with Crippen molar-refractivity contribution in [3.05, 3.63) is 53.9 Å². The van der Waals surface area contributed by atoms with E-state index in [1.165, 1.54) is 0 Å². The molecule has 1 amide bonds. The molecule has 2 unspecified atom stereocenters. The van der Waals surface area contributed by atoms with Crippen molar-refractivity contribution in [2.75, 3.05) is 19.9 Å². The number of aromatic nitrogens is 1. The Balaban J connectivity index is 0.00000144. The highest BCUT2D eigenvalue weighted by Crippen LogP contribution is 2.24. The van der Waals surface area contributed by atoms with E-state index in [4.69, 9.17) is 33.4 Å². The third-order valence-corrected chi connectivity index (χ3v) is 4.49. The molecule has 180 valence electrons. The van der Waals surface area contributed by atoms with E-state index in [1.54, 1.807) is 12.1 Å². The van der Waals surface area contributed by atoms with Crippen LogP contribution >= 0.6 is 23.2 Å². The second kappa shape index (κ2) is 17.7. The van der Waals surface area contributed by atoms with Crippen molar-refractivity contribution >= 4 is 29.1 Å². The first-order valence-corrected chi connectivity index (χ1v) is 11.3. The second-order valence-corrected chi connectivity index (χ2v) is 7.47. The summed E-state index contributed by atoms with van der Waals surface area (Å²) in [6.07, 6.45) is 2.57. The van der Waals surface area contributed by atoms with E-state index in [-0.39, 0.29) is 13.2 Å². The Hall–Kier alpha value is -1.77. The molecule has 0 aliphatic carbocycles. The molecule has 0 fully saturated rings. The monoisotopic (exact) mass is 490 g/mol. The maximum Gasteiger partial charge on any atom is 0.253 e. The number of pyridine rings is 1. The van der Waals surface area contributed by atoms with Gasteiger partial charge >= 0.3 is 0 Å². The molecule has 9 heteroatoms. The van der Waals surface area contributed by atoms with E-state index < -0.39 is 29.6 Å². The summed E-state index contributed by atoms with van der Waals surface area (Å²) in [5, 5.41) is 27.9. The Bertz CT molecular complexity index is 745. The normalized spacial score (nSPS) is 12.1. The van der Waals surface area contributed by atoms with Gasteiger partial charge < -0.3 is 20.6 Å². The third kappa shape index (κ3) is 10.7. The van der Waals surface area contributed by atoms with Gasteiger partial charge in [0, 0.05) is 17.5 Å². The molecule has 1 heterocycles. The van der Waals surface area contributed by atoms with E-state index in [2.05, 4.69) is 17.2 Å². The van der Waals surface area contributed by atoms with Gasteiger partial charge in [-0.2, -0.15) is 0 Å². The zero-order valence-corrected chi connectivity index (χ0v) is 20.2. The van der Waals surface area contributed by atoms with E-state index >= 15 is 0 Å². The predicted octanol–water partition coefficient (Wildman–Crippen LogP) is 3.99. The van der Waals surface area contributed by atoms with Crippen LogP contribution in [-0.2, 0) is 11.2 Å². The first kappa shape index (κ1) is 30.2. The van der Waals surface area contributed by atoms with Gasteiger partial charge in [0.15, 0.2) is 4.84 Å².